The molecule has 2 unspecified atom stereocenters. The van der Waals surface area contributed by atoms with Gasteiger partial charge in [-0.3, -0.25) is 14.9 Å². The quantitative estimate of drug-likeness (QED) is 0.525. The maximum atomic E-state index is 11.7. The zero-order valence-electron chi connectivity index (χ0n) is 12.3. The molecule has 0 radical (unpaired) electrons. The summed E-state index contributed by atoms with van der Waals surface area (Å²) in [6.07, 6.45) is 2.66. The zero-order chi connectivity index (χ0) is 15.9. The number of aliphatic hydroxyl groups excluding tert-OH is 1. The first-order chi connectivity index (χ1) is 10.6. The monoisotopic (exact) mass is 307 g/mol. The van der Waals surface area contributed by atoms with Crippen LogP contribution in [0.3, 0.4) is 0 Å². The van der Waals surface area contributed by atoms with Gasteiger partial charge in [0.2, 0.25) is 5.91 Å². The Morgan fingerprint density at radius 1 is 1.36 bits per heavy atom. The highest BCUT2D eigenvalue weighted by Gasteiger charge is 2.25. The molecule has 0 saturated heterocycles. The van der Waals surface area contributed by atoms with Crippen molar-refractivity contribution >= 4 is 17.3 Å². The van der Waals surface area contributed by atoms with Gasteiger partial charge in [0.15, 0.2) is 0 Å². The van der Waals surface area contributed by atoms with Crippen LogP contribution in [0.15, 0.2) is 24.3 Å². The lowest BCUT2D eigenvalue weighted by Crippen LogP contribution is -2.33. The summed E-state index contributed by atoms with van der Waals surface area (Å²) in [5.74, 6) is 0.0253. The van der Waals surface area contributed by atoms with E-state index < -0.39 is 4.92 Å². The molecule has 1 aliphatic rings. The Labute approximate surface area is 128 Å². The second-order valence-electron chi connectivity index (χ2n) is 5.51. The third-order valence-corrected chi connectivity index (χ3v) is 3.95. The van der Waals surface area contributed by atoms with Crippen LogP contribution in [0.4, 0.5) is 11.4 Å². The van der Waals surface area contributed by atoms with Crippen LogP contribution in [0.5, 0.6) is 0 Å². The number of amides is 1. The molecule has 1 fully saturated rings. The predicted molar refractivity (Wildman–Crippen MR) is 82.6 cm³/mol. The summed E-state index contributed by atoms with van der Waals surface area (Å²) in [5, 5.41) is 26.3. The average Bonchev–Trinajstić information content (AvgIpc) is 2.91. The Morgan fingerprint density at radius 3 is 2.82 bits per heavy atom. The second kappa shape index (κ2) is 7.74. The van der Waals surface area contributed by atoms with Crippen LogP contribution in [0.25, 0.3) is 0 Å². The van der Waals surface area contributed by atoms with Gasteiger partial charge >= 0.3 is 0 Å². The third-order valence-electron chi connectivity index (χ3n) is 3.95. The van der Waals surface area contributed by atoms with Crippen LogP contribution in [0.1, 0.15) is 25.7 Å². The lowest BCUT2D eigenvalue weighted by atomic mass is 10.1. The third kappa shape index (κ3) is 4.42. The fraction of sp³-hybridized carbons (Fsp3) is 0.533. The minimum atomic E-state index is -0.454. The first-order valence-electron chi connectivity index (χ1n) is 7.50. The summed E-state index contributed by atoms with van der Waals surface area (Å²) in [6.45, 7) is 0.815. The van der Waals surface area contributed by atoms with Gasteiger partial charge in [0, 0.05) is 31.5 Å². The number of hydrogen-bond acceptors (Lipinski definition) is 5. The van der Waals surface area contributed by atoms with E-state index >= 15 is 0 Å². The van der Waals surface area contributed by atoms with E-state index in [4.69, 9.17) is 0 Å². The van der Waals surface area contributed by atoms with Gasteiger partial charge in [-0.05, 0) is 18.9 Å². The normalized spacial score (nSPS) is 20.6. The highest BCUT2D eigenvalue weighted by molar-refractivity contribution is 5.76. The molecule has 1 aromatic rings. The molecule has 22 heavy (non-hydrogen) atoms. The lowest BCUT2D eigenvalue weighted by Gasteiger charge is -2.15. The molecule has 0 aliphatic heterocycles. The Balaban J connectivity index is 1.72. The molecule has 0 aromatic heterocycles. The molecule has 7 nitrogen and oxygen atoms in total. The molecule has 3 N–H and O–H groups in total. The molecule has 1 saturated carbocycles. The zero-order valence-corrected chi connectivity index (χ0v) is 12.3. The number of rotatable bonds is 7. The van der Waals surface area contributed by atoms with E-state index in [1.54, 1.807) is 18.2 Å². The molecule has 1 aromatic carbocycles. The highest BCUT2D eigenvalue weighted by atomic mass is 16.6. The number of anilines is 1. The number of carbonyl (C=O) groups excluding carboxylic acids is 1. The SMILES string of the molecule is O=C(CCNc1ccccc1[N+](=O)[O-])NCC1CCCC1O. The number of benzene rings is 1. The molecule has 120 valence electrons. The van der Waals surface area contributed by atoms with Crippen molar-refractivity contribution in [3.8, 4) is 0 Å². The van der Waals surface area contributed by atoms with Gasteiger partial charge in [-0.15, -0.1) is 0 Å². The first-order valence-corrected chi connectivity index (χ1v) is 7.50. The average molecular weight is 307 g/mol. The van der Waals surface area contributed by atoms with Crippen LogP contribution in [0, 0.1) is 16.0 Å². The molecule has 2 atom stereocenters. The van der Waals surface area contributed by atoms with E-state index in [0.29, 0.717) is 18.8 Å². The predicted octanol–water partition coefficient (Wildman–Crippen LogP) is 1.67. The number of aliphatic hydroxyl groups is 1. The molecule has 2 rings (SSSR count). The van der Waals surface area contributed by atoms with Crippen molar-refractivity contribution in [1.82, 2.24) is 5.32 Å². The van der Waals surface area contributed by atoms with Crippen LogP contribution in [-0.4, -0.2) is 35.1 Å². The Bertz CT molecular complexity index is 535. The van der Waals surface area contributed by atoms with Gasteiger partial charge in [-0.2, -0.15) is 0 Å². The smallest absolute Gasteiger partial charge is 0.292 e. The summed E-state index contributed by atoms with van der Waals surface area (Å²) in [5.41, 5.74) is 0.406. The fourth-order valence-electron chi connectivity index (χ4n) is 2.68. The number of nitrogens with one attached hydrogen (secondary N) is 2. The van der Waals surface area contributed by atoms with Crippen LogP contribution < -0.4 is 10.6 Å². The van der Waals surface area contributed by atoms with Crippen molar-refractivity contribution in [2.45, 2.75) is 31.8 Å². The van der Waals surface area contributed by atoms with Gasteiger partial charge in [-0.25, -0.2) is 0 Å². The van der Waals surface area contributed by atoms with Crippen molar-refractivity contribution in [3.05, 3.63) is 34.4 Å². The van der Waals surface area contributed by atoms with Crippen LogP contribution in [-0.2, 0) is 4.79 Å². The number of nitrogens with zero attached hydrogens (tertiary/aromatic N) is 1. The topological polar surface area (TPSA) is 104 Å². The maximum Gasteiger partial charge on any atom is 0.292 e. The van der Waals surface area contributed by atoms with Gasteiger partial charge in [0.1, 0.15) is 5.69 Å². The molecule has 0 heterocycles. The van der Waals surface area contributed by atoms with Gasteiger partial charge < -0.3 is 15.7 Å². The van der Waals surface area contributed by atoms with Crippen LogP contribution in [0.2, 0.25) is 0 Å². The number of nitro benzene ring substituents is 1. The number of hydrogen-bond donors (Lipinski definition) is 3. The standard InChI is InChI=1S/C15H21N3O4/c19-14-7-3-4-11(14)10-17-15(20)8-9-16-12-5-1-2-6-13(12)18(21)22/h1-2,5-6,11,14,16,19H,3-4,7-10H2,(H,17,20). The fourth-order valence-corrected chi connectivity index (χ4v) is 2.68. The van der Waals surface area contributed by atoms with E-state index in [-0.39, 0.29) is 30.0 Å². The van der Waals surface area contributed by atoms with Crippen molar-refractivity contribution in [2.24, 2.45) is 5.92 Å². The van der Waals surface area contributed by atoms with Crippen molar-refractivity contribution in [1.29, 1.82) is 0 Å². The van der Waals surface area contributed by atoms with E-state index in [2.05, 4.69) is 10.6 Å². The summed E-state index contributed by atoms with van der Waals surface area (Å²) in [7, 11) is 0. The van der Waals surface area contributed by atoms with Crippen LogP contribution >= 0.6 is 0 Å². The second-order valence-corrected chi connectivity index (χ2v) is 5.51. The molecular weight excluding hydrogens is 286 g/mol. The van der Waals surface area contributed by atoms with E-state index in [0.717, 1.165) is 19.3 Å². The lowest BCUT2D eigenvalue weighted by molar-refractivity contribution is -0.384. The van der Waals surface area contributed by atoms with E-state index in [9.17, 15) is 20.0 Å². The Kier molecular flexibility index (Phi) is 5.71. The minimum Gasteiger partial charge on any atom is -0.393 e. The molecule has 7 heteroatoms. The Morgan fingerprint density at radius 2 is 2.14 bits per heavy atom. The van der Waals surface area contributed by atoms with Gasteiger partial charge in [0.25, 0.3) is 5.69 Å². The largest absolute Gasteiger partial charge is 0.393 e. The van der Waals surface area contributed by atoms with E-state index in [1.807, 2.05) is 0 Å². The highest BCUT2D eigenvalue weighted by Crippen LogP contribution is 2.25. The van der Waals surface area contributed by atoms with Crippen molar-refractivity contribution < 1.29 is 14.8 Å². The molecule has 0 spiro atoms. The maximum absolute atomic E-state index is 11.7. The molecular formula is C15H21N3O4. The first kappa shape index (κ1) is 16.2. The molecule has 1 aliphatic carbocycles. The number of nitro groups is 1. The summed E-state index contributed by atoms with van der Waals surface area (Å²) in [4.78, 5) is 22.2. The van der Waals surface area contributed by atoms with Crippen molar-refractivity contribution in [2.75, 3.05) is 18.4 Å². The number of carbonyl (C=O) groups is 1. The molecule has 1 amide bonds. The van der Waals surface area contributed by atoms with Crippen molar-refractivity contribution in [3.63, 3.8) is 0 Å². The van der Waals surface area contributed by atoms with Gasteiger partial charge in [0.05, 0.1) is 11.0 Å². The van der Waals surface area contributed by atoms with E-state index in [1.165, 1.54) is 6.07 Å². The Hall–Kier alpha value is -2.15. The molecule has 0 bridgehead atoms. The van der Waals surface area contributed by atoms with Gasteiger partial charge in [-0.1, -0.05) is 18.6 Å². The summed E-state index contributed by atoms with van der Waals surface area (Å²) >= 11 is 0. The minimum absolute atomic E-state index is 0.00279. The number of para-hydroxylation sites is 2. The summed E-state index contributed by atoms with van der Waals surface area (Å²) in [6, 6.07) is 6.34. The summed E-state index contributed by atoms with van der Waals surface area (Å²) < 4.78 is 0.